The number of ketones is 1. The number of carbonyl (C=O) groups excluding carboxylic acids is 2. The summed E-state index contributed by atoms with van der Waals surface area (Å²) in [7, 11) is 0. The van der Waals surface area contributed by atoms with Gasteiger partial charge in [0.1, 0.15) is 40.7 Å². The highest BCUT2D eigenvalue weighted by atomic mass is 19.1. The van der Waals surface area contributed by atoms with Crippen LogP contribution in [-0.4, -0.2) is 22.9 Å². The molecule has 1 atom stereocenters. The number of amides is 1. The lowest BCUT2D eigenvalue weighted by atomic mass is 9.98. The standard InChI is InChI=1S/C26H23F2NO5/c1-13(2)33-20-10-6-16(11-14(20)3)24(30)22-23(21-9-5-15(4)34-21)29(26(32)25(22)31)19-12-17(27)7-8-18(19)28/h5-13,23,30H,1-4H3/b24-22-. The molecule has 6 nitrogen and oxygen atoms in total. The first-order valence-corrected chi connectivity index (χ1v) is 10.7. The van der Waals surface area contributed by atoms with Crippen LogP contribution in [-0.2, 0) is 9.59 Å². The van der Waals surface area contributed by atoms with Crippen molar-refractivity contribution in [1.29, 1.82) is 0 Å². The molecule has 0 aliphatic carbocycles. The highest BCUT2D eigenvalue weighted by Crippen LogP contribution is 2.43. The molecule has 2 heterocycles. The van der Waals surface area contributed by atoms with Gasteiger partial charge < -0.3 is 14.3 Å². The number of aryl methyl sites for hydroxylation is 2. The summed E-state index contributed by atoms with van der Waals surface area (Å²) in [5, 5.41) is 11.2. The van der Waals surface area contributed by atoms with Crippen LogP contribution in [0.4, 0.5) is 14.5 Å². The van der Waals surface area contributed by atoms with Gasteiger partial charge in [0.15, 0.2) is 0 Å². The molecule has 1 N–H and O–H groups in total. The van der Waals surface area contributed by atoms with Crippen molar-refractivity contribution in [2.45, 2.75) is 39.8 Å². The number of rotatable bonds is 5. The molecule has 1 aliphatic rings. The molecule has 0 radical (unpaired) electrons. The number of aliphatic hydroxyl groups is 1. The summed E-state index contributed by atoms with van der Waals surface area (Å²) < 4.78 is 40.0. The molecule has 2 aromatic carbocycles. The minimum Gasteiger partial charge on any atom is -0.507 e. The quantitative estimate of drug-likeness (QED) is 0.301. The fraction of sp³-hybridized carbons (Fsp3) is 0.231. The molecule has 4 rings (SSSR count). The zero-order chi connectivity index (χ0) is 24.7. The van der Waals surface area contributed by atoms with Gasteiger partial charge in [0.2, 0.25) is 0 Å². The maximum Gasteiger partial charge on any atom is 0.300 e. The van der Waals surface area contributed by atoms with Gasteiger partial charge in [-0.1, -0.05) is 0 Å². The van der Waals surface area contributed by atoms with E-state index < -0.39 is 40.8 Å². The van der Waals surface area contributed by atoms with Crippen LogP contribution in [0.25, 0.3) is 5.76 Å². The number of benzene rings is 2. The third kappa shape index (κ3) is 4.07. The van der Waals surface area contributed by atoms with Crippen LogP contribution in [0.1, 0.15) is 42.5 Å². The lowest BCUT2D eigenvalue weighted by Crippen LogP contribution is -2.30. The molecular weight excluding hydrogens is 444 g/mol. The van der Waals surface area contributed by atoms with Crippen molar-refractivity contribution in [3.63, 3.8) is 0 Å². The zero-order valence-corrected chi connectivity index (χ0v) is 19.1. The number of nitrogens with zero attached hydrogens (tertiary/aromatic N) is 1. The average molecular weight is 467 g/mol. The summed E-state index contributed by atoms with van der Waals surface area (Å²) >= 11 is 0. The van der Waals surface area contributed by atoms with Crippen molar-refractivity contribution in [3.05, 3.63) is 88.4 Å². The van der Waals surface area contributed by atoms with E-state index in [0.717, 1.165) is 23.1 Å². The number of halogens is 2. The Hall–Kier alpha value is -3.94. The van der Waals surface area contributed by atoms with E-state index in [9.17, 15) is 23.5 Å². The van der Waals surface area contributed by atoms with Gasteiger partial charge in [-0.15, -0.1) is 0 Å². The van der Waals surface area contributed by atoms with Gasteiger partial charge in [-0.2, -0.15) is 0 Å². The monoisotopic (exact) mass is 467 g/mol. The topological polar surface area (TPSA) is 80.0 Å². The van der Waals surface area contributed by atoms with E-state index in [4.69, 9.17) is 9.15 Å². The lowest BCUT2D eigenvalue weighted by Gasteiger charge is -2.24. The van der Waals surface area contributed by atoms with Crippen LogP contribution in [0, 0.1) is 25.5 Å². The van der Waals surface area contributed by atoms with Crippen LogP contribution < -0.4 is 9.64 Å². The SMILES string of the molecule is Cc1ccc(C2/C(=C(/O)c3ccc(OC(C)C)c(C)c3)C(=O)C(=O)N2c2cc(F)ccc2F)o1. The van der Waals surface area contributed by atoms with E-state index in [1.807, 2.05) is 13.8 Å². The van der Waals surface area contributed by atoms with Gasteiger partial charge in [-0.05, 0) is 75.7 Å². The fourth-order valence-electron chi connectivity index (χ4n) is 3.96. The molecule has 0 saturated carbocycles. The van der Waals surface area contributed by atoms with E-state index in [1.165, 1.54) is 6.07 Å². The number of carbonyl (C=O) groups is 2. The molecule has 1 aromatic heterocycles. The highest BCUT2D eigenvalue weighted by molar-refractivity contribution is 6.51. The fourth-order valence-corrected chi connectivity index (χ4v) is 3.96. The zero-order valence-electron chi connectivity index (χ0n) is 19.1. The normalized spacial score (nSPS) is 17.6. The molecule has 1 amide bonds. The number of hydrogen-bond acceptors (Lipinski definition) is 5. The van der Waals surface area contributed by atoms with Gasteiger partial charge in [-0.3, -0.25) is 14.5 Å². The van der Waals surface area contributed by atoms with Crippen LogP contribution >= 0.6 is 0 Å². The maximum atomic E-state index is 14.7. The van der Waals surface area contributed by atoms with Crippen LogP contribution in [0.5, 0.6) is 5.75 Å². The summed E-state index contributed by atoms with van der Waals surface area (Å²) in [6, 6.07) is 9.26. The third-order valence-corrected chi connectivity index (χ3v) is 5.45. The first-order chi connectivity index (χ1) is 16.1. The number of Topliss-reactive ketones (excluding diaryl/α,β-unsaturated/α-hetero) is 1. The summed E-state index contributed by atoms with van der Waals surface area (Å²) in [4.78, 5) is 26.9. The van der Waals surface area contributed by atoms with Crippen molar-refractivity contribution in [3.8, 4) is 5.75 Å². The molecule has 1 saturated heterocycles. The van der Waals surface area contributed by atoms with Crippen molar-refractivity contribution >= 4 is 23.1 Å². The number of ether oxygens (including phenoxy) is 1. The Labute approximate surface area is 195 Å². The average Bonchev–Trinajstić information content (AvgIpc) is 3.31. The molecule has 176 valence electrons. The van der Waals surface area contributed by atoms with Crippen LogP contribution in [0.3, 0.4) is 0 Å². The molecule has 1 unspecified atom stereocenters. The molecule has 34 heavy (non-hydrogen) atoms. The predicted octanol–water partition coefficient (Wildman–Crippen LogP) is 5.59. The second kappa shape index (κ2) is 8.78. The number of anilines is 1. The summed E-state index contributed by atoms with van der Waals surface area (Å²) in [5.74, 6) is -3.10. The lowest BCUT2D eigenvalue weighted by molar-refractivity contribution is -0.132. The first-order valence-electron chi connectivity index (χ1n) is 10.7. The Morgan fingerprint density at radius 2 is 1.79 bits per heavy atom. The first kappa shape index (κ1) is 23.2. The van der Waals surface area contributed by atoms with E-state index in [0.29, 0.717) is 17.1 Å². The largest absolute Gasteiger partial charge is 0.507 e. The van der Waals surface area contributed by atoms with Gasteiger partial charge in [0, 0.05) is 11.6 Å². The summed E-state index contributed by atoms with van der Waals surface area (Å²) in [5.41, 5.74) is 0.241. The van der Waals surface area contributed by atoms with Crippen molar-refractivity contribution in [2.75, 3.05) is 4.90 Å². The van der Waals surface area contributed by atoms with Crippen molar-refractivity contribution in [2.24, 2.45) is 0 Å². The molecule has 8 heteroatoms. The Morgan fingerprint density at radius 3 is 2.41 bits per heavy atom. The molecule has 1 fully saturated rings. The van der Waals surface area contributed by atoms with Gasteiger partial charge in [-0.25, -0.2) is 8.78 Å². The number of aliphatic hydroxyl groups excluding tert-OH is 1. The van der Waals surface area contributed by atoms with Crippen molar-refractivity contribution < 1.29 is 32.6 Å². The smallest absolute Gasteiger partial charge is 0.300 e. The van der Waals surface area contributed by atoms with Gasteiger partial charge in [0.05, 0.1) is 17.4 Å². The Bertz CT molecular complexity index is 1320. The molecule has 0 bridgehead atoms. The highest BCUT2D eigenvalue weighted by Gasteiger charge is 2.49. The minimum atomic E-state index is -1.29. The maximum absolute atomic E-state index is 14.7. The molecule has 1 aliphatic heterocycles. The van der Waals surface area contributed by atoms with Gasteiger partial charge in [0.25, 0.3) is 11.7 Å². The van der Waals surface area contributed by atoms with E-state index in [1.54, 1.807) is 38.1 Å². The van der Waals surface area contributed by atoms with E-state index >= 15 is 0 Å². The summed E-state index contributed by atoms with van der Waals surface area (Å²) in [6.07, 6.45) is -0.0631. The Kier molecular flexibility index (Phi) is 6.00. The van der Waals surface area contributed by atoms with Gasteiger partial charge >= 0.3 is 0 Å². The van der Waals surface area contributed by atoms with E-state index in [2.05, 4.69) is 0 Å². The molecular formula is C26H23F2NO5. The number of hydrogen-bond donors (Lipinski definition) is 1. The molecule has 0 spiro atoms. The second-order valence-electron chi connectivity index (χ2n) is 8.36. The van der Waals surface area contributed by atoms with Crippen LogP contribution in [0.2, 0.25) is 0 Å². The van der Waals surface area contributed by atoms with Crippen LogP contribution in [0.15, 0.2) is 58.5 Å². The predicted molar refractivity (Wildman–Crippen MR) is 122 cm³/mol. The van der Waals surface area contributed by atoms with Crippen molar-refractivity contribution in [1.82, 2.24) is 0 Å². The van der Waals surface area contributed by atoms with E-state index in [-0.39, 0.29) is 23.0 Å². The minimum absolute atomic E-state index is 0.0631. The molecule has 3 aromatic rings. The Morgan fingerprint density at radius 1 is 1.06 bits per heavy atom. The summed E-state index contributed by atoms with van der Waals surface area (Å²) in [6.45, 7) is 7.20. The number of furan rings is 1. The second-order valence-corrected chi connectivity index (χ2v) is 8.36. The Balaban J connectivity index is 1.91. The third-order valence-electron chi connectivity index (χ3n) is 5.45.